The molecule has 2 N–H and O–H groups in total. The maximum Gasteiger partial charge on any atom is 0.125 e. The first-order valence-electron chi connectivity index (χ1n) is 4.87. The van der Waals surface area contributed by atoms with Gasteiger partial charge < -0.3 is 10.6 Å². The summed E-state index contributed by atoms with van der Waals surface area (Å²) >= 11 is 0. The molecular formula is C12H12FN3. The molecule has 0 atom stereocenters. The Balaban J connectivity index is 2.41. The summed E-state index contributed by atoms with van der Waals surface area (Å²) in [7, 11) is 1.83. The van der Waals surface area contributed by atoms with Gasteiger partial charge in [-0.15, -0.1) is 0 Å². The highest BCUT2D eigenvalue weighted by Crippen LogP contribution is 2.28. The number of halogens is 1. The van der Waals surface area contributed by atoms with Gasteiger partial charge in [0.25, 0.3) is 0 Å². The molecule has 1 heterocycles. The molecule has 0 amide bonds. The fourth-order valence-electron chi connectivity index (χ4n) is 1.51. The van der Waals surface area contributed by atoms with Crippen molar-refractivity contribution in [3.05, 3.63) is 48.5 Å². The molecule has 16 heavy (non-hydrogen) atoms. The van der Waals surface area contributed by atoms with Crippen molar-refractivity contribution < 1.29 is 4.39 Å². The van der Waals surface area contributed by atoms with Gasteiger partial charge in [-0.05, 0) is 30.3 Å². The van der Waals surface area contributed by atoms with E-state index in [4.69, 9.17) is 5.73 Å². The molecule has 0 unspecified atom stereocenters. The molecule has 0 spiro atoms. The molecule has 3 nitrogen and oxygen atoms in total. The standard InChI is InChI=1S/C12H12FN3/c1-16(10-4-6-15-7-5-10)12-8-9(13)2-3-11(12)14/h2-8H,14H2,1H3. The van der Waals surface area contributed by atoms with Crippen LogP contribution in [0.2, 0.25) is 0 Å². The van der Waals surface area contributed by atoms with Crippen LogP contribution in [0.5, 0.6) is 0 Å². The minimum absolute atomic E-state index is 0.301. The molecule has 1 aromatic carbocycles. The van der Waals surface area contributed by atoms with Gasteiger partial charge in [0.2, 0.25) is 0 Å². The number of anilines is 3. The fourth-order valence-corrected chi connectivity index (χ4v) is 1.51. The second kappa shape index (κ2) is 4.18. The Morgan fingerprint density at radius 2 is 1.88 bits per heavy atom. The average molecular weight is 217 g/mol. The Kier molecular flexibility index (Phi) is 2.72. The van der Waals surface area contributed by atoms with Crippen LogP contribution in [0.1, 0.15) is 0 Å². The first kappa shape index (κ1) is 10.4. The average Bonchev–Trinajstić information content (AvgIpc) is 2.32. The highest BCUT2D eigenvalue weighted by Gasteiger charge is 2.08. The van der Waals surface area contributed by atoms with Crippen LogP contribution in [0.3, 0.4) is 0 Å². The maximum absolute atomic E-state index is 13.1. The van der Waals surface area contributed by atoms with Gasteiger partial charge in [0.15, 0.2) is 0 Å². The van der Waals surface area contributed by atoms with Crippen LogP contribution >= 0.6 is 0 Å². The summed E-state index contributed by atoms with van der Waals surface area (Å²) in [6.07, 6.45) is 3.36. The van der Waals surface area contributed by atoms with Crippen LogP contribution in [0.15, 0.2) is 42.7 Å². The van der Waals surface area contributed by atoms with Gasteiger partial charge in [0.05, 0.1) is 11.4 Å². The van der Waals surface area contributed by atoms with E-state index in [0.29, 0.717) is 11.4 Å². The lowest BCUT2D eigenvalue weighted by Crippen LogP contribution is -2.11. The quantitative estimate of drug-likeness (QED) is 0.786. The molecule has 0 fully saturated rings. The van der Waals surface area contributed by atoms with Gasteiger partial charge in [-0.3, -0.25) is 4.98 Å². The van der Waals surface area contributed by atoms with E-state index in [2.05, 4.69) is 4.98 Å². The summed E-state index contributed by atoms with van der Waals surface area (Å²) in [6.45, 7) is 0. The molecule has 0 aliphatic rings. The smallest absolute Gasteiger partial charge is 0.125 e. The van der Waals surface area contributed by atoms with Crippen molar-refractivity contribution in [1.82, 2.24) is 4.98 Å². The van der Waals surface area contributed by atoms with Gasteiger partial charge >= 0.3 is 0 Å². The van der Waals surface area contributed by atoms with Gasteiger partial charge in [0.1, 0.15) is 5.82 Å². The van der Waals surface area contributed by atoms with Gasteiger partial charge in [-0.1, -0.05) is 0 Å². The summed E-state index contributed by atoms with van der Waals surface area (Å²) in [5.74, 6) is -0.301. The molecular weight excluding hydrogens is 205 g/mol. The third-order valence-electron chi connectivity index (χ3n) is 2.40. The van der Waals surface area contributed by atoms with Gasteiger partial charge in [-0.25, -0.2) is 4.39 Å². The Labute approximate surface area is 93.3 Å². The molecule has 2 aromatic rings. The Morgan fingerprint density at radius 3 is 2.56 bits per heavy atom. The van der Waals surface area contributed by atoms with Crippen LogP contribution in [0, 0.1) is 5.82 Å². The van der Waals surface area contributed by atoms with Crippen molar-refractivity contribution >= 4 is 17.1 Å². The number of pyridine rings is 1. The Morgan fingerprint density at radius 1 is 1.19 bits per heavy atom. The van der Waals surface area contributed by atoms with Crippen molar-refractivity contribution in [3.8, 4) is 0 Å². The fraction of sp³-hybridized carbons (Fsp3) is 0.0833. The molecule has 2 rings (SSSR count). The van der Waals surface area contributed by atoms with E-state index in [1.165, 1.54) is 12.1 Å². The Bertz CT molecular complexity index is 485. The molecule has 0 aliphatic carbocycles. The van der Waals surface area contributed by atoms with E-state index in [1.807, 2.05) is 24.1 Å². The zero-order valence-electron chi connectivity index (χ0n) is 8.89. The van der Waals surface area contributed by atoms with E-state index in [0.717, 1.165) is 5.69 Å². The molecule has 0 saturated carbocycles. The highest BCUT2D eigenvalue weighted by atomic mass is 19.1. The lowest BCUT2D eigenvalue weighted by Gasteiger charge is -2.20. The minimum atomic E-state index is -0.301. The number of hydrogen-bond donors (Lipinski definition) is 1. The van der Waals surface area contributed by atoms with Gasteiger partial charge in [0, 0.05) is 25.1 Å². The van der Waals surface area contributed by atoms with E-state index < -0.39 is 0 Å². The van der Waals surface area contributed by atoms with Crippen molar-refractivity contribution in [2.45, 2.75) is 0 Å². The molecule has 0 saturated heterocycles. The third-order valence-corrected chi connectivity index (χ3v) is 2.40. The SMILES string of the molecule is CN(c1ccncc1)c1cc(F)ccc1N. The van der Waals surface area contributed by atoms with Crippen molar-refractivity contribution in [1.29, 1.82) is 0 Å². The molecule has 4 heteroatoms. The van der Waals surface area contributed by atoms with E-state index in [-0.39, 0.29) is 5.82 Å². The summed E-state index contributed by atoms with van der Waals surface area (Å²) in [6, 6.07) is 7.99. The number of aromatic nitrogens is 1. The highest BCUT2D eigenvalue weighted by molar-refractivity contribution is 5.74. The van der Waals surface area contributed by atoms with Crippen LogP contribution in [0.4, 0.5) is 21.5 Å². The van der Waals surface area contributed by atoms with Gasteiger partial charge in [-0.2, -0.15) is 0 Å². The topological polar surface area (TPSA) is 42.2 Å². The van der Waals surface area contributed by atoms with E-state index >= 15 is 0 Å². The number of hydrogen-bond acceptors (Lipinski definition) is 3. The number of nitrogen functional groups attached to an aromatic ring is 1. The summed E-state index contributed by atoms with van der Waals surface area (Å²) in [5.41, 5.74) is 7.90. The largest absolute Gasteiger partial charge is 0.397 e. The van der Waals surface area contributed by atoms with E-state index in [1.54, 1.807) is 18.5 Å². The van der Waals surface area contributed by atoms with Crippen LogP contribution in [-0.4, -0.2) is 12.0 Å². The number of benzene rings is 1. The number of nitrogens with two attached hydrogens (primary N) is 1. The van der Waals surface area contributed by atoms with Crippen LogP contribution in [0.25, 0.3) is 0 Å². The predicted molar refractivity (Wildman–Crippen MR) is 63.1 cm³/mol. The normalized spacial score (nSPS) is 10.1. The van der Waals surface area contributed by atoms with E-state index in [9.17, 15) is 4.39 Å². The minimum Gasteiger partial charge on any atom is -0.397 e. The maximum atomic E-state index is 13.1. The van der Waals surface area contributed by atoms with Crippen LogP contribution < -0.4 is 10.6 Å². The van der Waals surface area contributed by atoms with Crippen molar-refractivity contribution in [3.63, 3.8) is 0 Å². The molecule has 0 radical (unpaired) electrons. The second-order valence-electron chi connectivity index (χ2n) is 3.47. The summed E-state index contributed by atoms with van der Waals surface area (Å²) in [4.78, 5) is 5.75. The monoisotopic (exact) mass is 217 g/mol. The summed E-state index contributed by atoms with van der Waals surface area (Å²) < 4.78 is 13.1. The molecule has 0 bridgehead atoms. The zero-order chi connectivity index (χ0) is 11.5. The lowest BCUT2D eigenvalue weighted by atomic mass is 10.2. The van der Waals surface area contributed by atoms with Crippen molar-refractivity contribution in [2.75, 3.05) is 17.7 Å². The first-order chi connectivity index (χ1) is 7.68. The van der Waals surface area contributed by atoms with Crippen LogP contribution in [-0.2, 0) is 0 Å². The second-order valence-corrected chi connectivity index (χ2v) is 3.47. The number of nitrogens with zero attached hydrogens (tertiary/aromatic N) is 2. The van der Waals surface area contributed by atoms with Crippen molar-refractivity contribution in [2.24, 2.45) is 0 Å². The zero-order valence-corrected chi connectivity index (χ0v) is 8.89. The third kappa shape index (κ3) is 1.95. The lowest BCUT2D eigenvalue weighted by molar-refractivity contribution is 0.628. The molecule has 0 aliphatic heterocycles. The number of rotatable bonds is 2. The first-order valence-corrected chi connectivity index (χ1v) is 4.87. The Hall–Kier alpha value is -2.10. The molecule has 82 valence electrons. The predicted octanol–water partition coefficient (Wildman–Crippen LogP) is 2.57. The molecule has 1 aromatic heterocycles. The summed E-state index contributed by atoms with van der Waals surface area (Å²) in [5, 5.41) is 0.